The van der Waals surface area contributed by atoms with Crippen molar-refractivity contribution in [3.63, 3.8) is 0 Å². The van der Waals surface area contributed by atoms with E-state index in [9.17, 15) is 0 Å². The number of rotatable bonds is 2. The molecule has 2 heterocycles. The third-order valence-electron chi connectivity index (χ3n) is 3.40. The summed E-state index contributed by atoms with van der Waals surface area (Å²) in [4.78, 5) is 6.67. The monoisotopic (exact) mass is 243 g/mol. The number of hydrogen-bond donors (Lipinski definition) is 0. The Morgan fingerprint density at radius 2 is 2.00 bits per heavy atom. The lowest BCUT2D eigenvalue weighted by molar-refractivity contribution is 0.414. The molecule has 0 aliphatic carbocycles. The van der Waals surface area contributed by atoms with Crippen LogP contribution in [0, 0.1) is 5.41 Å². The standard InChI is InChI=1S/C14H17N3O/c1-14(2)8-9-17(10-14)13-15-12(18-16-13)11-6-4-3-5-7-11/h3-7H,8-10H2,1-2H3. The van der Waals surface area contributed by atoms with E-state index in [1.165, 1.54) is 6.42 Å². The minimum Gasteiger partial charge on any atom is -0.338 e. The highest BCUT2D eigenvalue weighted by molar-refractivity contribution is 5.54. The molecule has 18 heavy (non-hydrogen) atoms. The first-order valence-electron chi connectivity index (χ1n) is 6.28. The molecule has 0 atom stereocenters. The summed E-state index contributed by atoms with van der Waals surface area (Å²) in [6.07, 6.45) is 1.17. The number of aromatic nitrogens is 2. The van der Waals surface area contributed by atoms with E-state index in [-0.39, 0.29) is 0 Å². The molecule has 1 aliphatic heterocycles. The Hall–Kier alpha value is -1.84. The second-order valence-corrected chi connectivity index (χ2v) is 5.60. The van der Waals surface area contributed by atoms with Gasteiger partial charge in [-0.3, -0.25) is 0 Å². The lowest BCUT2D eigenvalue weighted by Gasteiger charge is -2.17. The van der Waals surface area contributed by atoms with E-state index in [0.717, 1.165) is 18.7 Å². The molecule has 1 aromatic heterocycles. The molecule has 0 unspecified atom stereocenters. The Labute approximate surface area is 107 Å². The van der Waals surface area contributed by atoms with Crippen molar-refractivity contribution < 1.29 is 4.52 Å². The van der Waals surface area contributed by atoms with E-state index < -0.39 is 0 Å². The van der Waals surface area contributed by atoms with E-state index in [0.29, 0.717) is 17.3 Å². The van der Waals surface area contributed by atoms with Crippen molar-refractivity contribution in [2.75, 3.05) is 18.0 Å². The second-order valence-electron chi connectivity index (χ2n) is 5.60. The summed E-state index contributed by atoms with van der Waals surface area (Å²) in [5, 5.41) is 4.08. The molecule has 2 aromatic rings. The smallest absolute Gasteiger partial charge is 0.266 e. The predicted octanol–water partition coefficient (Wildman–Crippen LogP) is 2.97. The Bertz CT molecular complexity index is 533. The van der Waals surface area contributed by atoms with E-state index >= 15 is 0 Å². The molecule has 4 heteroatoms. The Balaban J connectivity index is 1.83. The van der Waals surface area contributed by atoms with Crippen LogP contribution >= 0.6 is 0 Å². The van der Waals surface area contributed by atoms with Crippen molar-refractivity contribution in [3.8, 4) is 11.5 Å². The van der Waals surface area contributed by atoms with E-state index in [1.807, 2.05) is 30.3 Å². The van der Waals surface area contributed by atoms with Crippen molar-refractivity contribution in [2.45, 2.75) is 20.3 Å². The maximum absolute atomic E-state index is 5.33. The minimum atomic E-state index is 0.341. The normalized spacial score (nSPS) is 18.2. The van der Waals surface area contributed by atoms with Gasteiger partial charge in [0.1, 0.15) is 0 Å². The van der Waals surface area contributed by atoms with Crippen molar-refractivity contribution in [1.29, 1.82) is 0 Å². The average molecular weight is 243 g/mol. The number of hydrogen-bond acceptors (Lipinski definition) is 4. The van der Waals surface area contributed by atoms with Gasteiger partial charge in [0, 0.05) is 18.7 Å². The molecular formula is C14H17N3O. The molecule has 0 spiro atoms. The summed E-state index contributed by atoms with van der Waals surface area (Å²) < 4.78 is 5.33. The summed E-state index contributed by atoms with van der Waals surface area (Å²) in [6.45, 7) is 6.53. The van der Waals surface area contributed by atoms with Crippen LogP contribution in [-0.4, -0.2) is 23.2 Å². The molecule has 1 aromatic carbocycles. The quantitative estimate of drug-likeness (QED) is 0.813. The van der Waals surface area contributed by atoms with Crippen molar-refractivity contribution >= 4 is 5.95 Å². The summed E-state index contributed by atoms with van der Waals surface area (Å²) >= 11 is 0. The predicted molar refractivity (Wildman–Crippen MR) is 70.3 cm³/mol. The number of benzene rings is 1. The molecule has 0 amide bonds. The lowest BCUT2D eigenvalue weighted by Crippen LogP contribution is -2.23. The zero-order chi connectivity index (χ0) is 12.6. The van der Waals surface area contributed by atoms with Crippen LogP contribution < -0.4 is 4.90 Å². The molecule has 4 nitrogen and oxygen atoms in total. The SMILES string of the molecule is CC1(C)CCN(c2noc(-c3ccccc3)n2)C1. The molecule has 1 fully saturated rings. The first kappa shape index (κ1) is 11.3. The fourth-order valence-electron chi connectivity index (χ4n) is 2.33. The van der Waals surface area contributed by atoms with Crippen LogP contribution in [0.1, 0.15) is 20.3 Å². The summed E-state index contributed by atoms with van der Waals surface area (Å²) in [7, 11) is 0. The number of anilines is 1. The maximum atomic E-state index is 5.33. The largest absolute Gasteiger partial charge is 0.338 e. The van der Waals surface area contributed by atoms with Gasteiger partial charge in [0.15, 0.2) is 0 Å². The van der Waals surface area contributed by atoms with Gasteiger partial charge in [-0.2, -0.15) is 4.98 Å². The van der Waals surface area contributed by atoms with Gasteiger partial charge >= 0.3 is 0 Å². The van der Waals surface area contributed by atoms with Gasteiger partial charge in [-0.1, -0.05) is 32.0 Å². The van der Waals surface area contributed by atoms with E-state index in [2.05, 4.69) is 28.9 Å². The zero-order valence-corrected chi connectivity index (χ0v) is 10.8. The van der Waals surface area contributed by atoms with E-state index in [1.54, 1.807) is 0 Å². The fraction of sp³-hybridized carbons (Fsp3) is 0.429. The highest BCUT2D eigenvalue weighted by Crippen LogP contribution is 2.31. The van der Waals surface area contributed by atoms with Crippen LogP contribution in [0.15, 0.2) is 34.9 Å². The molecule has 1 aliphatic rings. The summed E-state index contributed by atoms with van der Waals surface area (Å²) in [6, 6.07) is 9.87. The van der Waals surface area contributed by atoms with Gasteiger partial charge in [-0.25, -0.2) is 0 Å². The molecule has 0 radical (unpaired) electrons. The molecule has 0 N–H and O–H groups in total. The highest BCUT2D eigenvalue weighted by Gasteiger charge is 2.31. The van der Waals surface area contributed by atoms with Gasteiger partial charge < -0.3 is 9.42 Å². The van der Waals surface area contributed by atoms with Crippen LogP contribution in [0.2, 0.25) is 0 Å². The Morgan fingerprint density at radius 1 is 1.22 bits per heavy atom. The van der Waals surface area contributed by atoms with Crippen LogP contribution in [0.3, 0.4) is 0 Å². The Morgan fingerprint density at radius 3 is 2.67 bits per heavy atom. The topological polar surface area (TPSA) is 42.2 Å². The highest BCUT2D eigenvalue weighted by atomic mass is 16.5. The van der Waals surface area contributed by atoms with Crippen LogP contribution in [0.5, 0.6) is 0 Å². The molecular weight excluding hydrogens is 226 g/mol. The maximum Gasteiger partial charge on any atom is 0.266 e. The fourth-order valence-corrected chi connectivity index (χ4v) is 2.33. The minimum absolute atomic E-state index is 0.341. The van der Waals surface area contributed by atoms with Crippen LogP contribution in [0.25, 0.3) is 11.5 Å². The molecule has 1 saturated heterocycles. The molecule has 0 bridgehead atoms. The average Bonchev–Trinajstić information content (AvgIpc) is 2.96. The van der Waals surface area contributed by atoms with Gasteiger partial charge in [0.2, 0.25) is 0 Å². The zero-order valence-electron chi connectivity index (χ0n) is 10.8. The van der Waals surface area contributed by atoms with Gasteiger partial charge in [0.25, 0.3) is 11.8 Å². The van der Waals surface area contributed by atoms with Gasteiger partial charge in [0.05, 0.1) is 0 Å². The van der Waals surface area contributed by atoms with Crippen molar-refractivity contribution in [3.05, 3.63) is 30.3 Å². The summed E-state index contributed by atoms with van der Waals surface area (Å²) in [5.41, 5.74) is 1.31. The first-order chi connectivity index (χ1) is 8.64. The lowest BCUT2D eigenvalue weighted by atomic mass is 9.93. The number of nitrogens with zero attached hydrogens (tertiary/aromatic N) is 3. The molecule has 0 saturated carbocycles. The van der Waals surface area contributed by atoms with Crippen molar-refractivity contribution in [1.82, 2.24) is 10.1 Å². The first-order valence-corrected chi connectivity index (χ1v) is 6.28. The third-order valence-corrected chi connectivity index (χ3v) is 3.40. The van der Waals surface area contributed by atoms with Crippen LogP contribution in [-0.2, 0) is 0 Å². The third kappa shape index (κ3) is 2.10. The second kappa shape index (κ2) is 4.12. The molecule has 94 valence electrons. The van der Waals surface area contributed by atoms with Crippen LogP contribution in [0.4, 0.5) is 5.95 Å². The summed E-state index contributed by atoms with van der Waals surface area (Å²) in [5.74, 6) is 1.30. The van der Waals surface area contributed by atoms with E-state index in [4.69, 9.17) is 4.52 Å². The Kier molecular flexibility index (Phi) is 2.58. The van der Waals surface area contributed by atoms with Crippen molar-refractivity contribution in [2.24, 2.45) is 5.41 Å². The van der Waals surface area contributed by atoms with Gasteiger partial charge in [-0.15, -0.1) is 0 Å². The van der Waals surface area contributed by atoms with Gasteiger partial charge in [-0.05, 0) is 29.1 Å². The molecule has 3 rings (SSSR count).